The zero-order chi connectivity index (χ0) is 37.0. The molecule has 0 heterocycles. The molecule has 0 N–H and O–H groups in total. The van der Waals surface area contributed by atoms with Gasteiger partial charge < -0.3 is 0 Å². The van der Waals surface area contributed by atoms with Crippen LogP contribution in [-0.4, -0.2) is 5.98 Å². The van der Waals surface area contributed by atoms with Gasteiger partial charge in [0.05, 0.1) is 0 Å². The average molecular weight is 885 g/mol. The maximum absolute atomic E-state index is 2.74. The molecule has 0 aliphatic heterocycles. The Kier molecular flexibility index (Phi) is 11.4. The number of hydrogen-bond donors (Lipinski definition) is 0. The molecule has 2 atom stereocenters. The molecule has 2 heteroatoms. The van der Waals surface area contributed by atoms with Crippen molar-refractivity contribution >= 4 is 29.3 Å². The van der Waals surface area contributed by atoms with Gasteiger partial charge in [-0.3, -0.25) is 0 Å². The maximum atomic E-state index is 2.71. The van der Waals surface area contributed by atoms with Gasteiger partial charge in [0, 0.05) is 0 Å². The SMILES string of the molecule is CCCCc1ccccc1-c1cccc2c1C=C(c1ccccc1)[CH]2[Hf]([CH]1C(c2ccccc2)=Cc2c(-c3ccccc3CCCC)cccc21)[SiH](C)C. The van der Waals surface area contributed by atoms with Gasteiger partial charge in [-0.05, 0) is 0 Å². The molecule has 8 rings (SSSR count). The fraction of sp³-hybridized carbons (Fsp3) is 0.231. The predicted octanol–water partition coefficient (Wildman–Crippen LogP) is 14.2. The molecule has 54 heavy (non-hydrogen) atoms. The van der Waals surface area contributed by atoms with E-state index in [0.29, 0.717) is 7.35 Å². The standard InChI is InChI=1S/2C25H23.C2H7Si.Hf/c2*1-2-3-10-20-13-7-8-15-23(20)24-16-9-14-21-17-22(18-25(21)24)19-11-5-4-6-12-19;1-3-2;/h2*4-9,11-18H,2-3,10H2,1H3;3H,1-2H3;. The second-order valence-corrected chi connectivity index (χ2v) is 43.5. The van der Waals surface area contributed by atoms with Crippen LogP contribution in [0.5, 0.6) is 0 Å². The summed E-state index contributed by atoms with van der Waals surface area (Å²) in [6, 6.07) is 55.9. The molecule has 0 saturated carbocycles. The minimum atomic E-state index is -2.74. The van der Waals surface area contributed by atoms with Crippen LogP contribution in [0.3, 0.4) is 0 Å². The average Bonchev–Trinajstić information content (AvgIpc) is 3.80. The fourth-order valence-electron chi connectivity index (χ4n) is 9.32. The summed E-state index contributed by atoms with van der Waals surface area (Å²) in [6.07, 6.45) is 12.4. The molecule has 0 saturated heterocycles. The van der Waals surface area contributed by atoms with Crippen LogP contribution in [0.4, 0.5) is 0 Å². The molecule has 2 aliphatic rings. The molecule has 0 fully saturated rings. The van der Waals surface area contributed by atoms with Gasteiger partial charge in [0.15, 0.2) is 0 Å². The Morgan fingerprint density at radius 1 is 0.444 bits per heavy atom. The van der Waals surface area contributed by atoms with Gasteiger partial charge in [-0.1, -0.05) is 0 Å². The van der Waals surface area contributed by atoms with E-state index in [1.54, 1.807) is 22.3 Å². The summed E-state index contributed by atoms with van der Waals surface area (Å²) in [4.78, 5) is 0. The van der Waals surface area contributed by atoms with Crippen LogP contribution in [0, 0.1) is 0 Å². The number of benzene rings is 6. The van der Waals surface area contributed by atoms with E-state index in [1.807, 2.05) is 0 Å². The minimum absolute atomic E-state index is 0.505. The van der Waals surface area contributed by atoms with Crippen molar-refractivity contribution in [3.8, 4) is 22.3 Å². The first-order valence-electron chi connectivity index (χ1n) is 20.4. The normalized spacial score (nSPS) is 15.9. The molecular formula is C52H53HfSi. The van der Waals surface area contributed by atoms with E-state index in [4.69, 9.17) is 0 Å². The molecule has 0 nitrogen and oxygen atoms in total. The quantitative estimate of drug-likeness (QED) is 0.101. The van der Waals surface area contributed by atoms with E-state index in [-0.39, 0.29) is 0 Å². The van der Waals surface area contributed by atoms with Crippen molar-refractivity contribution in [3.05, 3.63) is 190 Å². The summed E-state index contributed by atoms with van der Waals surface area (Å²) in [5.41, 5.74) is 20.8. The number of unbranched alkanes of at least 4 members (excludes halogenated alkanes) is 2. The van der Waals surface area contributed by atoms with Crippen LogP contribution < -0.4 is 0 Å². The summed E-state index contributed by atoms with van der Waals surface area (Å²) in [6.45, 7) is 10.0. The summed E-state index contributed by atoms with van der Waals surface area (Å²) >= 11 is -2.74. The molecule has 269 valence electrons. The molecule has 2 unspecified atom stereocenters. The van der Waals surface area contributed by atoms with E-state index >= 15 is 0 Å². The van der Waals surface area contributed by atoms with Crippen LogP contribution >= 0.6 is 0 Å². The van der Waals surface area contributed by atoms with Crippen molar-refractivity contribution in [3.63, 3.8) is 0 Å². The first-order chi connectivity index (χ1) is 26.6. The molecule has 0 aromatic heterocycles. The van der Waals surface area contributed by atoms with Crippen LogP contribution in [-0.2, 0) is 33.4 Å². The van der Waals surface area contributed by atoms with Gasteiger partial charge in [-0.15, -0.1) is 0 Å². The fourth-order valence-corrected chi connectivity index (χ4v) is 40.9. The number of aryl methyl sites for hydroxylation is 2. The van der Waals surface area contributed by atoms with Crippen molar-refractivity contribution < 1.29 is 20.6 Å². The van der Waals surface area contributed by atoms with E-state index in [9.17, 15) is 0 Å². The zero-order valence-electron chi connectivity index (χ0n) is 32.5. The second kappa shape index (κ2) is 16.7. The number of fused-ring (bicyclic) bond motifs is 2. The Morgan fingerprint density at radius 3 is 1.24 bits per heavy atom. The van der Waals surface area contributed by atoms with Crippen LogP contribution in [0.2, 0.25) is 13.1 Å². The van der Waals surface area contributed by atoms with Gasteiger partial charge >= 0.3 is 335 Å². The predicted molar refractivity (Wildman–Crippen MR) is 234 cm³/mol. The van der Waals surface area contributed by atoms with E-state index < -0.39 is 26.6 Å². The Morgan fingerprint density at radius 2 is 0.833 bits per heavy atom. The van der Waals surface area contributed by atoms with Gasteiger partial charge in [-0.2, -0.15) is 0 Å². The topological polar surface area (TPSA) is 0 Å². The zero-order valence-corrected chi connectivity index (χ0v) is 37.2. The molecule has 2 aliphatic carbocycles. The van der Waals surface area contributed by atoms with Gasteiger partial charge in [0.2, 0.25) is 0 Å². The molecule has 0 radical (unpaired) electrons. The van der Waals surface area contributed by atoms with Crippen molar-refractivity contribution in [2.75, 3.05) is 0 Å². The summed E-state index contributed by atoms with van der Waals surface area (Å²) in [5, 5.41) is 0. The van der Waals surface area contributed by atoms with Crippen molar-refractivity contribution in [2.45, 2.75) is 72.8 Å². The molecular weight excluding hydrogens is 831 g/mol. The third kappa shape index (κ3) is 7.09. The van der Waals surface area contributed by atoms with Crippen LogP contribution in [0.25, 0.3) is 45.6 Å². The van der Waals surface area contributed by atoms with Crippen molar-refractivity contribution in [1.29, 1.82) is 0 Å². The summed E-state index contributed by atoms with van der Waals surface area (Å²) < 4.78 is 1.01. The first kappa shape index (κ1) is 36.8. The van der Waals surface area contributed by atoms with E-state index in [1.165, 1.54) is 81.3 Å². The second-order valence-electron chi connectivity index (χ2n) is 15.6. The summed E-state index contributed by atoms with van der Waals surface area (Å²) in [5.74, 6) is -1.13. The van der Waals surface area contributed by atoms with Crippen molar-refractivity contribution in [1.82, 2.24) is 0 Å². The van der Waals surface area contributed by atoms with Crippen molar-refractivity contribution in [2.24, 2.45) is 0 Å². The van der Waals surface area contributed by atoms with Gasteiger partial charge in [-0.25, -0.2) is 0 Å². The Balaban J connectivity index is 1.34. The first-order valence-corrected chi connectivity index (χ1v) is 33.7. The third-order valence-corrected chi connectivity index (χ3v) is 42.3. The Hall–Kier alpha value is -4.11. The van der Waals surface area contributed by atoms with Gasteiger partial charge in [0.1, 0.15) is 0 Å². The monoisotopic (exact) mass is 885 g/mol. The molecule has 0 bridgehead atoms. The van der Waals surface area contributed by atoms with E-state index in [0.717, 1.165) is 12.8 Å². The Bertz CT molecular complexity index is 2140. The molecule has 0 amide bonds. The summed E-state index contributed by atoms with van der Waals surface area (Å²) in [7, 11) is 0. The Labute approximate surface area is 332 Å². The van der Waals surface area contributed by atoms with E-state index in [2.05, 4.69) is 185 Å². The molecule has 6 aromatic rings. The molecule has 6 aromatic carbocycles. The number of hydrogen-bond acceptors (Lipinski definition) is 0. The van der Waals surface area contributed by atoms with Gasteiger partial charge in [0.25, 0.3) is 0 Å². The third-order valence-electron chi connectivity index (χ3n) is 11.9. The van der Waals surface area contributed by atoms with Crippen LogP contribution in [0.1, 0.15) is 91.4 Å². The van der Waals surface area contributed by atoms with Crippen LogP contribution in [0.15, 0.2) is 146 Å². The molecule has 0 spiro atoms. The number of rotatable bonds is 13. The number of allylic oxidation sites excluding steroid dienone is 2.